The average Bonchev–Trinajstić information content (AvgIpc) is 2.62. The number of hydrogen-bond acceptors (Lipinski definition) is 2. The molecule has 3 heteroatoms. The third-order valence-corrected chi connectivity index (χ3v) is 2.20. The highest BCUT2D eigenvalue weighted by Crippen LogP contribution is 2.09. The fraction of sp³-hybridized carbons (Fsp3) is 0.600. The van der Waals surface area contributed by atoms with Crippen LogP contribution in [0.4, 0.5) is 0 Å². The van der Waals surface area contributed by atoms with Crippen LogP contribution in [0.15, 0.2) is 12.3 Å². The molecule has 0 N–H and O–H groups in total. The molecule has 0 saturated carbocycles. The second-order valence-corrected chi connectivity index (χ2v) is 3.20. The number of nitrogens with zero attached hydrogens (tertiary/aromatic N) is 3. The number of hydrogen-bond donors (Lipinski definition) is 0. The minimum Gasteiger partial charge on any atom is -0.270 e. The summed E-state index contributed by atoms with van der Waals surface area (Å²) in [6, 6.07) is 4.56. The predicted octanol–water partition coefficient (Wildman–Crippen LogP) is 2.31. The van der Waals surface area contributed by atoms with Crippen LogP contribution in [0.25, 0.3) is 0 Å². The first-order chi connectivity index (χ1) is 6.27. The van der Waals surface area contributed by atoms with Crippen molar-refractivity contribution in [1.82, 2.24) is 9.78 Å². The maximum Gasteiger partial charge on any atom is 0.0634 e. The Bertz CT molecular complexity index is 295. The smallest absolute Gasteiger partial charge is 0.0634 e. The Morgan fingerprint density at radius 1 is 1.69 bits per heavy atom. The quantitative estimate of drug-likeness (QED) is 0.708. The summed E-state index contributed by atoms with van der Waals surface area (Å²) in [6.45, 7) is 4.28. The van der Waals surface area contributed by atoms with Gasteiger partial charge in [0.15, 0.2) is 0 Å². The Balaban J connectivity index is 2.59. The summed E-state index contributed by atoms with van der Waals surface area (Å²) in [6.07, 6.45) is 4.39. The molecule has 1 rings (SSSR count). The molecule has 0 saturated heterocycles. The molecule has 13 heavy (non-hydrogen) atoms. The summed E-state index contributed by atoms with van der Waals surface area (Å²) >= 11 is 0. The Labute approximate surface area is 79.0 Å². The summed E-state index contributed by atoms with van der Waals surface area (Å²) in [7, 11) is 0. The van der Waals surface area contributed by atoms with E-state index in [1.165, 1.54) is 0 Å². The van der Waals surface area contributed by atoms with Crippen LogP contribution in [0.1, 0.15) is 38.4 Å². The third-order valence-electron chi connectivity index (χ3n) is 2.20. The Hall–Kier alpha value is -1.30. The average molecular weight is 177 g/mol. The molecule has 0 bridgehead atoms. The molecule has 0 fully saturated rings. The second kappa shape index (κ2) is 4.66. The Kier molecular flexibility index (Phi) is 3.51. The lowest BCUT2D eigenvalue weighted by molar-refractivity contribution is 0.474. The highest BCUT2D eigenvalue weighted by molar-refractivity contribution is 5.01. The van der Waals surface area contributed by atoms with E-state index >= 15 is 0 Å². The van der Waals surface area contributed by atoms with Gasteiger partial charge < -0.3 is 0 Å². The minimum atomic E-state index is 0.454. The van der Waals surface area contributed by atoms with Crippen molar-refractivity contribution in [2.75, 3.05) is 0 Å². The molecule has 0 spiro atoms. The zero-order valence-electron chi connectivity index (χ0n) is 8.20. The van der Waals surface area contributed by atoms with Crippen LogP contribution < -0.4 is 0 Å². The van der Waals surface area contributed by atoms with Crippen LogP contribution in [0.2, 0.25) is 0 Å². The van der Waals surface area contributed by atoms with Gasteiger partial charge in [-0.05, 0) is 19.4 Å². The zero-order chi connectivity index (χ0) is 9.68. The van der Waals surface area contributed by atoms with Gasteiger partial charge in [0.2, 0.25) is 0 Å². The van der Waals surface area contributed by atoms with Gasteiger partial charge in [0, 0.05) is 25.1 Å². The van der Waals surface area contributed by atoms with E-state index < -0.39 is 0 Å². The van der Waals surface area contributed by atoms with Crippen molar-refractivity contribution in [3.8, 4) is 6.07 Å². The van der Waals surface area contributed by atoms with Gasteiger partial charge in [0.05, 0.1) is 11.8 Å². The van der Waals surface area contributed by atoms with Gasteiger partial charge in [-0.1, -0.05) is 6.92 Å². The molecule has 1 aromatic heterocycles. The minimum absolute atomic E-state index is 0.454. The molecule has 1 atom stereocenters. The van der Waals surface area contributed by atoms with Crippen LogP contribution >= 0.6 is 0 Å². The zero-order valence-corrected chi connectivity index (χ0v) is 8.20. The van der Waals surface area contributed by atoms with Crippen molar-refractivity contribution in [2.24, 2.45) is 0 Å². The van der Waals surface area contributed by atoms with Gasteiger partial charge in [-0.2, -0.15) is 10.4 Å². The first-order valence-electron chi connectivity index (χ1n) is 4.69. The maximum atomic E-state index is 8.41. The van der Waals surface area contributed by atoms with Crippen molar-refractivity contribution in [3.05, 3.63) is 18.0 Å². The topological polar surface area (TPSA) is 41.6 Å². The first-order valence-corrected chi connectivity index (χ1v) is 4.69. The SMILES string of the molecule is CCC(C)n1ccc(CCC#N)n1. The molecule has 1 unspecified atom stereocenters. The monoisotopic (exact) mass is 177 g/mol. The summed E-state index contributed by atoms with van der Waals surface area (Å²) in [5.41, 5.74) is 1.02. The van der Waals surface area contributed by atoms with Crippen LogP contribution in [-0.4, -0.2) is 9.78 Å². The van der Waals surface area contributed by atoms with E-state index in [1.807, 2.05) is 16.9 Å². The van der Waals surface area contributed by atoms with Crippen LogP contribution in [0.3, 0.4) is 0 Å². The van der Waals surface area contributed by atoms with E-state index in [9.17, 15) is 0 Å². The molecule has 3 nitrogen and oxygen atoms in total. The lowest BCUT2D eigenvalue weighted by atomic mass is 10.2. The summed E-state index contributed by atoms with van der Waals surface area (Å²) in [5, 5.41) is 12.8. The van der Waals surface area contributed by atoms with E-state index in [4.69, 9.17) is 5.26 Å². The van der Waals surface area contributed by atoms with E-state index in [0.717, 1.165) is 18.5 Å². The second-order valence-electron chi connectivity index (χ2n) is 3.20. The third kappa shape index (κ3) is 2.59. The highest BCUT2D eigenvalue weighted by Gasteiger charge is 2.03. The molecule has 0 radical (unpaired) electrons. The molecule has 70 valence electrons. The van der Waals surface area contributed by atoms with E-state index in [0.29, 0.717) is 12.5 Å². The molecular formula is C10H15N3. The van der Waals surface area contributed by atoms with Crippen molar-refractivity contribution in [3.63, 3.8) is 0 Å². The number of aryl methyl sites for hydroxylation is 1. The van der Waals surface area contributed by atoms with Crippen LogP contribution in [0, 0.1) is 11.3 Å². The molecule has 1 aromatic rings. The van der Waals surface area contributed by atoms with Gasteiger partial charge in [0.25, 0.3) is 0 Å². The molecule has 1 heterocycles. The van der Waals surface area contributed by atoms with Gasteiger partial charge in [-0.3, -0.25) is 4.68 Å². The fourth-order valence-corrected chi connectivity index (χ4v) is 1.13. The van der Waals surface area contributed by atoms with Crippen molar-refractivity contribution < 1.29 is 0 Å². The van der Waals surface area contributed by atoms with E-state index in [1.54, 1.807) is 0 Å². The van der Waals surface area contributed by atoms with Gasteiger partial charge in [0.1, 0.15) is 0 Å². The normalized spacial score (nSPS) is 12.4. The number of nitriles is 1. The number of aromatic nitrogens is 2. The standard InChI is InChI=1S/C10H15N3/c1-3-9(2)13-8-6-10(12-13)5-4-7-11/h6,8-9H,3-5H2,1-2H3. The molecule has 0 aromatic carbocycles. The van der Waals surface area contributed by atoms with Crippen LogP contribution in [-0.2, 0) is 6.42 Å². The molecular weight excluding hydrogens is 162 g/mol. The fourth-order valence-electron chi connectivity index (χ4n) is 1.13. The molecule has 0 aliphatic rings. The molecule has 0 aliphatic carbocycles. The number of rotatable bonds is 4. The van der Waals surface area contributed by atoms with E-state index in [2.05, 4.69) is 25.0 Å². The summed E-state index contributed by atoms with van der Waals surface area (Å²) < 4.78 is 1.96. The van der Waals surface area contributed by atoms with E-state index in [-0.39, 0.29) is 0 Å². The Morgan fingerprint density at radius 2 is 2.46 bits per heavy atom. The molecule has 0 aliphatic heterocycles. The maximum absolute atomic E-state index is 8.41. The lowest BCUT2D eigenvalue weighted by Gasteiger charge is -2.07. The van der Waals surface area contributed by atoms with Crippen molar-refractivity contribution >= 4 is 0 Å². The highest BCUT2D eigenvalue weighted by atomic mass is 15.3. The summed E-state index contributed by atoms with van der Waals surface area (Å²) in [4.78, 5) is 0. The molecule has 0 amide bonds. The van der Waals surface area contributed by atoms with Crippen LogP contribution in [0.5, 0.6) is 0 Å². The largest absolute Gasteiger partial charge is 0.270 e. The van der Waals surface area contributed by atoms with Crippen molar-refractivity contribution in [2.45, 2.75) is 39.2 Å². The summed E-state index contributed by atoms with van der Waals surface area (Å²) in [5.74, 6) is 0. The van der Waals surface area contributed by atoms with Gasteiger partial charge in [-0.15, -0.1) is 0 Å². The van der Waals surface area contributed by atoms with Gasteiger partial charge >= 0.3 is 0 Å². The predicted molar refractivity (Wildman–Crippen MR) is 51.2 cm³/mol. The Morgan fingerprint density at radius 3 is 3.08 bits per heavy atom. The van der Waals surface area contributed by atoms with Crippen molar-refractivity contribution in [1.29, 1.82) is 5.26 Å². The first kappa shape index (κ1) is 9.79. The van der Waals surface area contributed by atoms with Gasteiger partial charge in [-0.25, -0.2) is 0 Å². The lowest BCUT2D eigenvalue weighted by Crippen LogP contribution is -2.04.